The zero-order valence-electron chi connectivity index (χ0n) is 12.9. The van der Waals surface area contributed by atoms with Crippen molar-refractivity contribution in [3.8, 4) is 0 Å². The maximum absolute atomic E-state index is 12.2. The Bertz CT molecular complexity index is 528. The summed E-state index contributed by atoms with van der Waals surface area (Å²) in [7, 11) is 0. The number of cyclic esters (lactones) is 1. The number of ether oxygens (including phenoxy) is 1. The van der Waals surface area contributed by atoms with E-state index in [0.717, 1.165) is 5.56 Å². The van der Waals surface area contributed by atoms with Gasteiger partial charge in [0.1, 0.15) is 5.60 Å². The number of rotatable bonds is 4. The first kappa shape index (κ1) is 17.7. The van der Waals surface area contributed by atoms with E-state index in [1.807, 2.05) is 51.1 Å². The van der Waals surface area contributed by atoms with Gasteiger partial charge in [0.05, 0.1) is 6.04 Å². The summed E-state index contributed by atoms with van der Waals surface area (Å²) in [6, 6.07) is 9.90. The molecule has 1 amide bonds. The average molecular weight is 365 g/mol. The van der Waals surface area contributed by atoms with Crippen molar-refractivity contribution in [3.05, 3.63) is 35.9 Å². The Balaban J connectivity index is 2.20. The fraction of sp³-hybridized carbons (Fsp3) is 0.562. The fourth-order valence-corrected chi connectivity index (χ4v) is 2.85. The van der Waals surface area contributed by atoms with Crippen LogP contribution in [0.2, 0.25) is 0 Å². The quantitative estimate of drug-likeness (QED) is 0.716. The molecule has 1 saturated heterocycles. The van der Waals surface area contributed by atoms with Crippen LogP contribution < -0.4 is 0 Å². The van der Waals surface area contributed by atoms with Crippen LogP contribution in [0.1, 0.15) is 26.3 Å². The minimum absolute atomic E-state index is 0.0998. The van der Waals surface area contributed by atoms with E-state index < -0.39 is 9.39 Å². The van der Waals surface area contributed by atoms with E-state index in [-0.39, 0.29) is 18.1 Å². The van der Waals surface area contributed by atoms with Gasteiger partial charge >= 0.3 is 6.09 Å². The van der Waals surface area contributed by atoms with E-state index in [1.165, 1.54) is 0 Å². The molecule has 1 aromatic carbocycles. The lowest BCUT2D eigenvalue weighted by Gasteiger charge is -2.32. The van der Waals surface area contributed by atoms with E-state index in [0.29, 0.717) is 13.0 Å². The van der Waals surface area contributed by atoms with Crippen LogP contribution in [0.25, 0.3) is 0 Å². The highest BCUT2D eigenvalue weighted by molar-refractivity contribution is 6.67. The Kier molecular flexibility index (Phi) is 5.20. The maximum Gasteiger partial charge on any atom is 0.410 e. The number of carbonyl (C=O) groups is 1. The molecule has 1 heterocycles. The predicted molar refractivity (Wildman–Crippen MR) is 90.7 cm³/mol. The van der Waals surface area contributed by atoms with Gasteiger partial charge in [-0.1, -0.05) is 72.1 Å². The number of nitrogens with zero attached hydrogens (tertiary/aromatic N) is 1. The number of alkyl halides is 3. The number of carbonyl (C=O) groups excluding carboxylic acids is 1. The summed E-state index contributed by atoms with van der Waals surface area (Å²) in [6.45, 7) is 5.98. The third kappa shape index (κ3) is 4.01. The minimum Gasteiger partial charge on any atom is -0.441 e. The number of amides is 1. The third-order valence-electron chi connectivity index (χ3n) is 4.06. The smallest absolute Gasteiger partial charge is 0.410 e. The standard InChI is InChI=1S/C16H20Cl3NO2/c1-11(16(17,18)19)10-20-13(15(2,3)22-14(20)21)9-12-7-5-4-6-8-12/h4-8,11,13H,9-10H2,1-3H3/t11-,13-/m0/s1. The lowest BCUT2D eigenvalue weighted by Crippen LogP contribution is -2.46. The second-order valence-electron chi connectivity index (χ2n) is 6.27. The Morgan fingerprint density at radius 2 is 1.86 bits per heavy atom. The molecule has 1 aliphatic rings. The number of hydrogen-bond donors (Lipinski definition) is 0. The zero-order chi connectivity index (χ0) is 16.5. The van der Waals surface area contributed by atoms with Gasteiger partial charge < -0.3 is 9.64 Å². The Labute approximate surface area is 146 Å². The number of hydrogen-bond acceptors (Lipinski definition) is 2. The van der Waals surface area contributed by atoms with Crippen LogP contribution in [0.3, 0.4) is 0 Å². The normalized spacial score (nSPS) is 22.5. The van der Waals surface area contributed by atoms with Crippen molar-refractivity contribution < 1.29 is 9.53 Å². The SMILES string of the molecule is C[C@@H](CN1C(=O)OC(C)(C)[C@@H]1Cc1ccccc1)C(Cl)(Cl)Cl. The van der Waals surface area contributed by atoms with Crippen LogP contribution in [-0.4, -0.2) is 33.0 Å². The third-order valence-corrected chi connectivity index (χ3v) is 5.18. The highest BCUT2D eigenvalue weighted by atomic mass is 35.6. The maximum atomic E-state index is 12.2. The zero-order valence-corrected chi connectivity index (χ0v) is 15.1. The molecule has 1 fully saturated rings. The first-order chi connectivity index (χ1) is 10.1. The topological polar surface area (TPSA) is 29.5 Å². The van der Waals surface area contributed by atoms with Crippen molar-refractivity contribution in [2.75, 3.05) is 6.54 Å². The molecule has 1 aromatic rings. The Morgan fingerprint density at radius 3 is 2.41 bits per heavy atom. The summed E-state index contributed by atoms with van der Waals surface area (Å²) in [4.78, 5) is 13.9. The fourth-order valence-electron chi connectivity index (χ4n) is 2.65. The van der Waals surface area contributed by atoms with Gasteiger partial charge in [-0.2, -0.15) is 0 Å². The Morgan fingerprint density at radius 1 is 1.27 bits per heavy atom. The van der Waals surface area contributed by atoms with Crippen LogP contribution >= 0.6 is 34.8 Å². The van der Waals surface area contributed by atoms with Crippen molar-refractivity contribution >= 4 is 40.9 Å². The molecule has 0 aliphatic carbocycles. The second kappa shape index (κ2) is 6.46. The van der Waals surface area contributed by atoms with Gasteiger partial charge in [0.25, 0.3) is 0 Å². The molecule has 0 bridgehead atoms. The van der Waals surface area contributed by atoms with Crippen LogP contribution in [0.4, 0.5) is 4.79 Å². The molecule has 0 radical (unpaired) electrons. The molecule has 2 rings (SSSR count). The van der Waals surface area contributed by atoms with Crippen molar-refractivity contribution in [1.29, 1.82) is 0 Å². The molecule has 0 N–H and O–H groups in total. The van der Waals surface area contributed by atoms with Crippen LogP contribution in [-0.2, 0) is 11.2 Å². The van der Waals surface area contributed by atoms with E-state index in [2.05, 4.69) is 0 Å². The molecular weight excluding hydrogens is 345 g/mol. The molecule has 22 heavy (non-hydrogen) atoms. The van der Waals surface area contributed by atoms with Crippen molar-refractivity contribution in [2.45, 2.75) is 42.6 Å². The van der Waals surface area contributed by atoms with Gasteiger partial charge in [-0.25, -0.2) is 4.79 Å². The van der Waals surface area contributed by atoms with Crippen molar-refractivity contribution in [1.82, 2.24) is 4.90 Å². The average Bonchev–Trinajstić information content (AvgIpc) is 2.61. The molecule has 0 spiro atoms. The molecule has 1 aliphatic heterocycles. The summed E-state index contributed by atoms with van der Waals surface area (Å²) in [5, 5.41) is 0. The van der Waals surface area contributed by atoms with Gasteiger partial charge in [0.2, 0.25) is 0 Å². The van der Waals surface area contributed by atoms with Crippen LogP contribution in [0.5, 0.6) is 0 Å². The van der Waals surface area contributed by atoms with Crippen LogP contribution in [0, 0.1) is 5.92 Å². The highest BCUT2D eigenvalue weighted by Gasteiger charge is 2.48. The molecule has 3 nitrogen and oxygen atoms in total. The summed E-state index contributed by atoms with van der Waals surface area (Å²) in [5.74, 6) is -0.294. The highest BCUT2D eigenvalue weighted by Crippen LogP contribution is 2.38. The lowest BCUT2D eigenvalue weighted by atomic mass is 9.91. The van der Waals surface area contributed by atoms with Gasteiger partial charge in [-0.3, -0.25) is 0 Å². The molecule has 0 saturated carbocycles. The Hall–Kier alpha value is -0.640. The van der Waals surface area contributed by atoms with E-state index in [1.54, 1.807) is 4.90 Å². The second-order valence-corrected chi connectivity index (χ2v) is 8.64. The molecule has 0 aromatic heterocycles. The monoisotopic (exact) mass is 363 g/mol. The van der Waals surface area contributed by atoms with Crippen molar-refractivity contribution in [2.24, 2.45) is 5.92 Å². The van der Waals surface area contributed by atoms with E-state index in [4.69, 9.17) is 39.5 Å². The molecule has 2 atom stereocenters. The minimum atomic E-state index is -1.41. The first-order valence-electron chi connectivity index (χ1n) is 7.21. The molecule has 0 unspecified atom stereocenters. The molecule has 122 valence electrons. The summed E-state index contributed by atoms with van der Waals surface area (Å²) in [6.07, 6.45) is 0.346. The largest absolute Gasteiger partial charge is 0.441 e. The van der Waals surface area contributed by atoms with E-state index >= 15 is 0 Å². The van der Waals surface area contributed by atoms with Crippen LogP contribution in [0.15, 0.2) is 30.3 Å². The van der Waals surface area contributed by atoms with Gasteiger partial charge in [-0.05, 0) is 25.8 Å². The van der Waals surface area contributed by atoms with E-state index in [9.17, 15) is 4.79 Å². The van der Waals surface area contributed by atoms with Gasteiger partial charge in [0, 0.05) is 12.5 Å². The number of halogens is 3. The molecule has 6 heteroatoms. The summed E-state index contributed by atoms with van der Waals surface area (Å²) >= 11 is 17.8. The molecular formula is C16H20Cl3NO2. The summed E-state index contributed by atoms with van der Waals surface area (Å²) < 4.78 is 4.11. The van der Waals surface area contributed by atoms with Crippen molar-refractivity contribution in [3.63, 3.8) is 0 Å². The van der Waals surface area contributed by atoms with Gasteiger partial charge in [-0.15, -0.1) is 0 Å². The first-order valence-corrected chi connectivity index (χ1v) is 8.35. The lowest BCUT2D eigenvalue weighted by molar-refractivity contribution is 0.0675. The van der Waals surface area contributed by atoms with Gasteiger partial charge in [0.15, 0.2) is 3.79 Å². The summed E-state index contributed by atoms with van der Waals surface area (Å²) in [5.41, 5.74) is 0.561. The number of benzene rings is 1. The predicted octanol–water partition coefficient (Wildman–Crippen LogP) is 4.83.